The Kier molecular flexibility index (Phi) is 6.81. The van der Waals surface area contributed by atoms with Crippen molar-refractivity contribution in [1.29, 1.82) is 0 Å². The van der Waals surface area contributed by atoms with Gasteiger partial charge in [-0.25, -0.2) is 0 Å². The van der Waals surface area contributed by atoms with Gasteiger partial charge in [0.15, 0.2) is 6.04 Å². The van der Waals surface area contributed by atoms with Crippen LogP contribution in [0.1, 0.15) is 31.9 Å². The van der Waals surface area contributed by atoms with E-state index >= 15 is 0 Å². The molecular formula is C18H26N4O. The van der Waals surface area contributed by atoms with E-state index < -0.39 is 6.04 Å². The zero-order valence-corrected chi connectivity index (χ0v) is 14.0. The van der Waals surface area contributed by atoms with Gasteiger partial charge in [0.05, 0.1) is 0 Å². The maximum atomic E-state index is 12.6. The van der Waals surface area contributed by atoms with Crippen LogP contribution in [0.25, 0.3) is 0 Å². The Morgan fingerprint density at radius 1 is 1.22 bits per heavy atom. The van der Waals surface area contributed by atoms with Crippen LogP contribution in [-0.2, 0) is 4.79 Å². The number of nitrogens with zero attached hydrogens (tertiary/aromatic N) is 3. The topological polar surface area (TPSA) is 50.2 Å². The highest BCUT2D eigenvalue weighted by atomic mass is 16.2. The number of hydrogen-bond donors (Lipinski definition) is 1. The van der Waals surface area contributed by atoms with E-state index in [1.807, 2.05) is 42.6 Å². The summed E-state index contributed by atoms with van der Waals surface area (Å²) in [5.74, 6) is -0.0144. The van der Waals surface area contributed by atoms with E-state index in [2.05, 4.69) is 29.2 Å². The summed E-state index contributed by atoms with van der Waals surface area (Å²) in [6.45, 7) is 8.09. The molecule has 124 valence electrons. The summed E-state index contributed by atoms with van der Waals surface area (Å²) in [6, 6.07) is 11.2. The fourth-order valence-electron chi connectivity index (χ4n) is 2.64. The molecule has 2 aromatic rings. The summed E-state index contributed by atoms with van der Waals surface area (Å²) < 4.78 is 1.70. The van der Waals surface area contributed by atoms with E-state index in [9.17, 15) is 4.79 Å². The lowest BCUT2D eigenvalue weighted by Gasteiger charge is -2.20. The van der Waals surface area contributed by atoms with E-state index in [1.165, 1.54) is 0 Å². The van der Waals surface area contributed by atoms with Gasteiger partial charge < -0.3 is 10.2 Å². The van der Waals surface area contributed by atoms with Crippen molar-refractivity contribution >= 4 is 5.91 Å². The van der Waals surface area contributed by atoms with Crippen molar-refractivity contribution in [2.75, 3.05) is 26.2 Å². The average Bonchev–Trinajstić information content (AvgIpc) is 3.10. The molecule has 0 aliphatic rings. The Morgan fingerprint density at radius 3 is 2.57 bits per heavy atom. The lowest BCUT2D eigenvalue weighted by atomic mass is 10.1. The van der Waals surface area contributed by atoms with Crippen LogP contribution in [0, 0.1) is 0 Å². The molecular weight excluding hydrogens is 288 g/mol. The highest BCUT2D eigenvalue weighted by molar-refractivity contribution is 5.83. The molecule has 1 amide bonds. The average molecular weight is 314 g/mol. The summed E-state index contributed by atoms with van der Waals surface area (Å²) in [6.07, 6.45) is 4.48. The molecule has 23 heavy (non-hydrogen) atoms. The third kappa shape index (κ3) is 4.93. The first-order valence-electron chi connectivity index (χ1n) is 8.30. The second kappa shape index (κ2) is 9.10. The first-order valence-corrected chi connectivity index (χ1v) is 8.30. The fraction of sp³-hybridized carbons (Fsp3) is 0.444. The van der Waals surface area contributed by atoms with E-state index in [1.54, 1.807) is 10.9 Å². The van der Waals surface area contributed by atoms with Crippen LogP contribution < -0.4 is 5.32 Å². The number of nitrogens with one attached hydrogen (secondary N) is 1. The molecule has 0 fully saturated rings. The molecule has 0 saturated heterocycles. The minimum absolute atomic E-state index is 0.0144. The molecule has 1 aromatic carbocycles. The molecule has 1 atom stereocenters. The number of rotatable bonds is 9. The van der Waals surface area contributed by atoms with Crippen LogP contribution in [-0.4, -0.2) is 46.8 Å². The monoisotopic (exact) mass is 314 g/mol. The van der Waals surface area contributed by atoms with E-state index in [0.29, 0.717) is 6.54 Å². The second-order valence-corrected chi connectivity index (χ2v) is 5.47. The maximum absolute atomic E-state index is 12.6. The van der Waals surface area contributed by atoms with E-state index in [0.717, 1.165) is 31.6 Å². The Hall–Kier alpha value is -2.14. The minimum atomic E-state index is -0.417. The Labute approximate surface area is 138 Å². The Bertz CT molecular complexity index is 564. The Balaban J connectivity index is 1.96. The Morgan fingerprint density at radius 2 is 1.96 bits per heavy atom. The minimum Gasteiger partial charge on any atom is -0.354 e. The van der Waals surface area contributed by atoms with E-state index in [4.69, 9.17) is 0 Å². The summed E-state index contributed by atoms with van der Waals surface area (Å²) >= 11 is 0. The maximum Gasteiger partial charge on any atom is 0.249 e. The smallest absolute Gasteiger partial charge is 0.249 e. The first-order chi connectivity index (χ1) is 11.3. The van der Waals surface area contributed by atoms with Crippen molar-refractivity contribution in [3.05, 3.63) is 54.4 Å². The van der Waals surface area contributed by atoms with Crippen LogP contribution in [0.2, 0.25) is 0 Å². The van der Waals surface area contributed by atoms with Gasteiger partial charge in [0.2, 0.25) is 5.91 Å². The van der Waals surface area contributed by atoms with Gasteiger partial charge in [-0.1, -0.05) is 44.2 Å². The molecule has 1 heterocycles. The van der Waals surface area contributed by atoms with Gasteiger partial charge in [0.25, 0.3) is 0 Å². The molecule has 1 aromatic heterocycles. The van der Waals surface area contributed by atoms with E-state index in [-0.39, 0.29) is 5.91 Å². The van der Waals surface area contributed by atoms with Crippen LogP contribution in [0.15, 0.2) is 48.8 Å². The lowest BCUT2D eigenvalue weighted by molar-refractivity contribution is -0.123. The largest absolute Gasteiger partial charge is 0.354 e. The predicted octanol–water partition coefficient (Wildman–Crippen LogP) is 2.32. The molecule has 2 rings (SSSR count). The van der Waals surface area contributed by atoms with Gasteiger partial charge in [-0.05, 0) is 37.7 Å². The molecule has 0 spiro atoms. The third-order valence-corrected chi connectivity index (χ3v) is 4.00. The highest BCUT2D eigenvalue weighted by Crippen LogP contribution is 2.17. The predicted molar refractivity (Wildman–Crippen MR) is 92.2 cm³/mol. The van der Waals surface area contributed by atoms with Crippen LogP contribution in [0.3, 0.4) is 0 Å². The number of amides is 1. The second-order valence-electron chi connectivity index (χ2n) is 5.47. The quantitative estimate of drug-likeness (QED) is 0.723. The van der Waals surface area contributed by atoms with Gasteiger partial charge in [-0.3, -0.25) is 9.48 Å². The number of carbonyl (C=O) groups excluding carboxylic acids is 1. The van der Waals surface area contributed by atoms with Gasteiger partial charge in [0, 0.05) is 18.9 Å². The lowest BCUT2D eigenvalue weighted by Crippen LogP contribution is -2.35. The zero-order chi connectivity index (χ0) is 16.5. The normalized spacial score (nSPS) is 12.3. The fourth-order valence-corrected chi connectivity index (χ4v) is 2.64. The van der Waals surface area contributed by atoms with Gasteiger partial charge >= 0.3 is 0 Å². The van der Waals surface area contributed by atoms with Gasteiger partial charge in [-0.2, -0.15) is 5.10 Å². The molecule has 0 aliphatic heterocycles. The molecule has 5 nitrogen and oxygen atoms in total. The number of hydrogen-bond acceptors (Lipinski definition) is 3. The van der Waals surface area contributed by atoms with Gasteiger partial charge in [-0.15, -0.1) is 0 Å². The number of benzene rings is 1. The van der Waals surface area contributed by atoms with Crippen molar-refractivity contribution in [3.8, 4) is 0 Å². The van der Waals surface area contributed by atoms with Gasteiger partial charge in [0.1, 0.15) is 0 Å². The molecule has 5 heteroatoms. The summed E-state index contributed by atoms with van der Waals surface area (Å²) in [7, 11) is 0. The number of carbonyl (C=O) groups is 1. The molecule has 0 saturated carbocycles. The standard InChI is InChI=1S/C18H26N4O/c1-3-21(4-2)14-8-12-19-18(23)17(22-15-9-13-20-22)16-10-6-5-7-11-16/h5-7,9-11,13,15,17H,3-4,8,12,14H2,1-2H3,(H,19,23)/t17-/m0/s1. The first kappa shape index (κ1) is 17.2. The molecule has 1 N–H and O–H groups in total. The summed E-state index contributed by atoms with van der Waals surface area (Å²) in [4.78, 5) is 15.0. The van der Waals surface area contributed by atoms with Crippen molar-refractivity contribution < 1.29 is 4.79 Å². The molecule has 0 bridgehead atoms. The summed E-state index contributed by atoms with van der Waals surface area (Å²) in [5.41, 5.74) is 0.942. The van der Waals surface area contributed by atoms with Crippen molar-refractivity contribution in [1.82, 2.24) is 20.0 Å². The van der Waals surface area contributed by atoms with Crippen LogP contribution >= 0.6 is 0 Å². The molecule has 0 aliphatic carbocycles. The third-order valence-electron chi connectivity index (χ3n) is 4.00. The number of aromatic nitrogens is 2. The van der Waals surface area contributed by atoms with Crippen LogP contribution in [0.5, 0.6) is 0 Å². The molecule has 0 radical (unpaired) electrons. The molecule has 0 unspecified atom stereocenters. The zero-order valence-electron chi connectivity index (χ0n) is 14.0. The highest BCUT2D eigenvalue weighted by Gasteiger charge is 2.22. The van der Waals surface area contributed by atoms with Crippen LogP contribution in [0.4, 0.5) is 0 Å². The SMILES string of the molecule is CCN(CC)CCCNC(=O)[C@H](c1ccccc1)n1cccn1. The van der Waals surface area contributed by atoms with Crippen molar-refractivity contribution in [2.45, 2.75) is 26.3 Å². The van der Waals surface area contributed by atoms with Crippen molar-refractivity contribution in [2.24, 2.45) is 0 Å². The summed E-state index contributed by atoms with van der Waals surface area (Å²) in [5, 5.41) is 7.29. The van der Waals surface area contributed by atoms with Crippen molar-refractivity contribution in [3.63, 3.8) is 0 Å².